The molecule has 1 amide bonds. The summed E-state index contributed by atoms with van der Waals surface area (Å²) in [6.45, 7) is 12.4. The second kappa shape index (κ2) is 7.42. The summed E-state index contributed by atoms with van der Waals surface area (Å²) < 4.78 is 5.64. The number of amides is 1. The van der Waals surface area contributed by atoms with Crippen molar-refractivity contribution in [2.75, 3.05) is 13.1 Å². The zero-order valence-corrected chi connectivity index (χ0v) is 15.8. The van der Waals surface area contributed by atoms with Gasteiger partial charge in [0.15, 0.2) is 0 Å². The second-order valence-electron chi connectivity index (χ2n) is 9.01. The molecule has 1 saturated carbocycles. The number of likely N-dealkylation sites (tertiary alicyclic amines) is 1. The molecule has 2 fully saturated rings. The van der Waals surface area contributed by atoms with E-state index in [4.69, 9.17) is 4.74 Å². The SMILES string of the molecule is CC(CC1CCCCCN1C(=O)OC(C)(C)C)NCC1(C)CC1. The van der Waals surface area contributed by atoms with E-state index in [1.807, 2.05) is 25.7 Å². The Bertz CT molecular complexity index is 399. The summed E-state index contributed by atoms with van der Waals surface area (Å²) >= 11 is 0. The Morgan fingerprint density at radius 1 is 1.30 bits per heavy atom. The van der Waals surface area contributed by atoms with E-state index in [9.17, 15) is 4.79 Å². The van der Waals surface area contributed by atoms with Gasteiger partial charge in [-0.25, -0.2) is 4.79 Å². The minimum absolute atomic E-state index is 0.134. The zero-order chi connectivity index (χ0) is 17.1. The third-order valence-corrected chi connectivity index (χ3v) is 5.11. The number of ether oxygens (including phenoxy) is 1. The molecule has 0 radical (unpaired) electrons. The first-order valence-corrected chi connectivity index (χ1v) is 9.42. The van der Waals surface area contributed by atoms with Gasteiger partial charge in [0.05, 0.1) is 0 Å². The topological polar surface area (TPSA) is 41.6 Å². The Labute approximate surface area is 142 Å². The highest BCUT2D eigenvalue weighted by Crippen LogP contribution is 2.44. The van der Waals surface area contributed by atoms with Gasteiger partial charge >= 0.3 is 6.09 Å². The smallest absolute Gasteiger partial charge is 0.410 e. The molecule has 1 heterocycles. The van der Waals surface area contributed by atoms with E-state index in [0.29, 0.717) is 17.5 Å². The van der Waals surface area contributed by atoms with Crippen molar-refractivity contribution in [3.05, 3.63) is 0 Å². The summed E-state index contributed by atoms with van der Waals surface area (Å²) in [6, 6.07) is 0.752. The summed E-state index contributed by atoms with van der Waals surface area (Å²) in [4.78, 5) is 14.6. The number of hydrogen-bond acceptors (Lipinski definition) is 3. The van der Waals surface area contributed by atoms with Crippen molar-refractivity contribution in [1.82, 2.24) is 10.2 Å². The first-order chi connectivity index (χ1) is 10.7. The summed E-state index contributed by atoms with van der Waals surface area (Å²) in [6.07, 6.45) is 8.21. The second-order valence-corrected chi connectivity index (χ2v) is 9.01. The largest absolute Gasteiger partial charge is 0.444 e. The first kappa shape index (κ1) is 18.6. The van der Waals surface area contributed by atoms with Crippen LogP contribution < -0.4 is 5.32 Å². The van der Waals surface area contributed by atoms with Crippen LogP contribution in [0.2, 0.25) is 0 Å². The molecule has 0 spiro atoms. The molecular weight excluding hydrogens is 288 g/mol. The normalized spacial score (nSPS) is 25.6. The van der Waals surface area contributed by atoms with Crippen molar-refractivity contribution in [2.45, 2.75) is 97.2 Å². The number of carbonyl (C=O) groups is 1. The quantitative estimate of drug-likeness (QED) is 0.818. The molecule has 2 aliphatic rings. The van der Waals surface area contributed by atoms with Crippen molar-refractivity contribution in [3.63, 3.8) is 0 Å². The molecule has 0 aromatic heterocycles. The predicted molar refractivity (Wildman–Crippen MR) is 94.6 cm³/mol. The maximum absolute atomic E-state index is 12.6. The molecular formula is C19H36N2O2. The van der Waals surface area contributed by atoms with Gasteiger partial charge in [0.25, 0.3) is 0 Å². The van der Waals surface area contributed by atoms with Gasteiger partial charge in [-0.05, 0) is 65.2 Å². The molecule has 0 aromatic carbocycles. The first-order valence-electron chi connectivity index (χ1n) is 9.42. The van der Waals surface area contributed by atoms with E-state index < -0.39 is 5.60 Å². The highest BCUT2D eigenvalue weighted by Gasteiger charge is 2.37. The number of rotatable bonds is 5. The van der Waals surface area contributed by atoms with Crippen molar-refractivity contribution in [3.8, 4) is 0 Å². The van der Waals surface area contributed by atoms with Crippen LogP contribution in [0.3, 0.4) is 0 Å². The Morgan fingerprint density at radius 3 is 2.61 bits per heavy atom. The monoisotopic (exact) mass is 324 g/mol. The average molecular weight is 325 g/mol. The molecule has 4 nitrogen and oxygen atoms in total. The van der Waals surface area contributed by atoms with Crippen LogP contribution in [0.5, 0.6) is 0 Å². The molecule has 134 valence electrons. The van der Waals surface area contributed by atoms with Crippen LogP contribution >= 0.6 is 0 Å². The molecule has 1 saturated heterocycles. The Balaban J connectivity index is 1.90. The molecule has 4 heteroatoms. The van der Waals surface area contributed by atoms with Crippen LogP contribution in [0.25, 0.3) is 0 Å². The maximum Gasteiger partial charge on any atom is 0.410 e. The van der Waals surface area contributed by atoms with Gasteiger partial charge in [0.2, 0.25) is 0 Å². The predicted octanol–water partition coefficient (Wildman–Crippen LogP) is 4.33. The van der Waals surface area contributed by atoms with Gasteiger partial charge in [-0.1, -0.05) is 19.8 Å². The van der Waals surface area contributed by atoms with E-state index in [-0.39, 0.29) is 6.09 Å². The minimum atomic E-state index is -0.418. The third-order valence-electron chi connectivity index (χ3n) is 5.11. The van der Waals surface area contributed by atoms with Gasteiger partial charge in [-0.15, -0.1) is 0 Å². The summed E-state index contributed by atoms with van der Waals surface area (Å²) in [5.74, 6) is 0. The Morgan fingerprint density at radius 2 is 2.00 bits per heavy atom. The fraction of sp³-hybridized carbons (Fsp3) is 0.947. The van der Waals surface area contributed by atoms with Crippen LogP contribution in [0.15, 0.2) is 0 Å². The van der Waals surface area contributed by atoms with Gasteiger partial charge < -0.3 is 15.0 Å². The number of nitrogens with one attached hydrogen (secondary N) is 1. The molecule has 2 atom stereocenters. The van der Waals surface area contributed by atoms with E-state index >= 15 is 0 Å². The lowest BCUT2D eigenvalue weighted by Gasteiger charge is -2.34. The van der Waals surface area contributed by atoms with Gasteiger partial charge in [-0.2, -0.15) is 0 Å². The van der Waals surface area contributed by atoms with Crippen molar-refractivity contribution in [1.29, 1.82) is 0 Å². The van der Waals surface area contributed by atoms with Crippen LogP contribution in [-0.4, -0.2) is 41.8 Å². The maximum atomic E-state index is 12.6. The van der Waals surface area contributed by atoms with E-state index in [0.717, 1.165) is 32.4 Å². The van der Waals surface area contributed by atoms with E-state index in [2.05, 4.69) is 19.2 Å². The highest BCUT2D eigenvalue weighted by atomic mass is 16.6. The molecule has 23 heavy (non-hydrogen) atoms. The summed E-state index contributed by atoms with van der Waals surface area (Å²) in [5.41, 5.74) is 0.112. The average Bonchev–Trinajstić information content (AvgIpc) is 3.19. The molecule has 1 aliphatic heterocycles. The summed E-state index contributed by atoms with van der Waals surface area (Å²) in [5, 5.41) is 3.68. The number of nitrogens with zero attached hydrogens (tertiary/aromatic N) is 1. The van der Waals surface area contributed by atoms with E-state index in [1.165, 1.54) is 25.7 Å². The molecule has 2 unspecified atom stereocenters. The molecule has 2 rings (SSSR count). The lowest BCUT2D eigenvalue weighted by molar-refractivity contribution is 0.0150. The minimum Gasteiger partial charge on any atom is -0.444 e. The highest BCUT2D eigenvalue weighted by molar-refractivity contribution is 5.68. The van der Waals surface area contributed by atoms with Crippen molar-refractivity contribution in [2.24, 2.45) is 5.41 Å². The fourth-order valence-electron chi connectivity index (χ4n) is 3.29. The van der Waals surface area contributed by atoms with Crippen LogP contribution in [-0.2, 0) is 4.74 Å². The zero-order valence-electron chi connectivity index (χ0n) is 15.8. The Kier molecular flexibility index (Phi) is 5.99. The number of hydrogen-bond donors (Lipinski definition) is 1. The molecule has 1 N–H and O–H groups in total. The lowest BCUT2D eigenvalue weighted by atomic mass is 10.0. The van der Waals surface area contributed by atoms with Gasteiger partial charge in [0.1, 0.15) is 5.60 Å². The standard InChI is InChI=1S/C19H36N2O2/c1-15(20-14-19(5)10-11-19)13-16-9-7-6-8-12-21(16)17(22)23-18(2,3)4/h15-16,20H,6-14H2,1-5H3. The van der Waals surface area contributed by atoms with Crippen LogP contribution in [0.4, 0.5) is 4.79 Å². The lowest BCUT2D eigenvalue weighted by Crippen LogP contribution is -2.46. The van der Waals surface area contributed by atoms with Crippen molar-refractivity contribution >= 4 is 6.09 Å². The van der Waals surface area contributed by atoms with Crippen LogP contribution in [0.1, 0.15) is 79.6 Å². The molecule has 1 aliphatic carbocycles. The Hall–Kier alpha value is -0.770. The van der Waals surface area contributed by atoms with Gasteiger partial charge in [-0.3, -0.25) is 0 Å². The van der Waals surface area contributed by atoms with Gasteiger partial charge in [0, 0.05) is 25.2 Å². The third kappa shape index (κ3) is 6.33. The van der Waals surface area contributed by atoms with Crippen LogP contribution in [0, 0.1) is 5.41 Å². The summed E-state index contributed by atoms with van der Waals surface area (Å²) in [7, 11) is 0. The molecule has 0 bridgehead atoms. The van der Waals surface area contributed by atoms with E-state index in [1.54, 1.807) is 0 Å². The molecule has 0 aromatic rings. The number of carbonyl (C=O) groups excluding carboxylic acids is 1. The van der Waals surface area contributed by atoms with Crippen molar-refractivity contribution < 1.29 is 9.53 Å². The fourth-order valence-corrected chi connectivity index (χ4v) is 3.29.